The second kappa shape index (κ2) is 10.9. The molecule has 0 spiro atoms. The number of carbonyl (C=O) groups is 1. The lowest BCUT2D eigenvalue weighted by atomic mass is 10.1. The Bertz CT molecular complexity index is 869. The van der Waals surface area contributed by atoms with E-state index in [0.717, 1.165) is 49.1 Å². The molecule has 31 heavy (non-hydrogen) atoms. The number of likely N-dealkylation sites (N-methyl/N-ethyl adjacent to an activating group) is 1. The van der Waals surface area contributed by atoms with Gasteiger partial charge < -0.3 is 20.1 Å². The number of carbonyl (C=O) groups excluding carboxylic acids is 1. The standard InChI is InChI=1S/C22H34N8O/c1-17-26-27-20(29(17)4)15-24-22(23-14-18-8-6-5-7-9-18)25-19-10-12-30(13-11-19)16-21(31)28(2)3/h5-9,19H,10-16H2,1-4H3,(H2,23,24,25). The maximum atomic E-state index is 12.0. The molecule has 1 aromatic heterocycles. The van der Waals surface area contributed by atoms with E-state index in [1.54, 1.807) is 19.0 Å². The van der Waals surface area contributed by atoms with E-state index in [1.165, 1.54) is 0 Å². The Labute approximate surface area is 184 Å². The van der Waals surface area contributed by atoms with Gasteiger partial charge in [-0.25, -0.2) is 4.99 Å². The lowest BCUT2D eigenvalue weighted by Crippen LogP contribution is -2.50. The summed E-state index contributed by atoms with van der Waals surface area (Å²) in [4.78, 5) is 20.6. The van der Waals surface area contributed by atoms with Crippen molar-refractivity contribution < 1.29 is 4.79 Å². The predicted molar refractivity (Wildman–Crippen MR) is 121 cm³/mol. The molecule has 0 aliphatic carbocycles. The molecule has 1 amide bonds. The molecule has 9 nitrogen and oxygen atoms in total. The van der Waals surface area contributed by atoms with Gasteiger partial charge in [-0.15, -0.1) is 10.2 Å². The number of hydrogen-bond acceptors (Lipinski definition) is 5. The molecule has 2 aromatic rings. The second-order valence-corrected chi connectivity index (χ2v) is 8.21. The maximum Gasteiger partial charge on any atom is 0.236 e. The van der Waals surface area contributed by atoms with Gasteiger partial charge in [0.1, 0.15) is 5.82 Å². The number of benzene rings is 1. The molecule has 168 valence electrons. The zero-order chi connectivity index (χ0) is 22.2. The van der Waals surface area contributed by atoms with Gasteiger partial charge in [0.25, 0.3) is 0 Å². The highest BCUT2D eigenvalue weighted by Gasteiger charge is 2.22. The lowest BCUT2D eigenvalue weighted by molar-refractivity contribution is -0.130. The van der Waals surface area contributed by atoms with E-state index < -0.39 is 0 Å². The first-order valence-electron chi connectivity index (χ1n) is 10.8. The number of aromatic nitrogens is 3. The number of nitrogens with one attached hydrogen (secondary N) is 2. The molecule has 0 unspecified atom stereocenters. The smallest absolute Gasteiger partial charge is 0.236 e. The van der Waals surface area contributed by atoms with Crippen LogP contribution in [0.15, 0.2) is 35.3 Å². The summed E-state index contributed by atoms with van der Waals surface area (Å²) in [5, 5.41) is 15.3. The summed E-state index contributed by atoms with van der Waals surface area (Å²) < 4.78 is 1.97. The first kappa shape index (κ1) is 22.7. The van der Waals surface area contributed by atoms with Crippen LogP contribution in [0.3, 0.4) is 0 Å². The van der Waals surface area contributed by atoms with E-state index in [9.17, 15) is 4.79 Å². The largest absolute Gasteiger partial charge is 0.354 e. The van der Waals surface area contributed by atoms with E-state index in [0.29, 0.717) is 25.7 Å². The van der Waals surface area contributed by atoms with Crippen molar-refractivity contribution in [2.24, 2.45) is 12.0 Å². The van der Waals surface area contributed by atoms with E-state index in [-0.39, 0.29) is 5.91 Å². The van der Waals surface area contributed by atoms with Gasteiger partial charge in [-0.3, -0.25) is 9.69 Å². The molecule has 0 radical (unpaired) electrons. The van der Waals surface area contributed by atoms with Crippen molar-refractivity contribution in [1.82, 2.24) is 35.2 Å². The number of nitrogens with zero attached hydrogens (tertiary/aromatic N) is 6. The zero-order valence-corrected chi connectivity index (χ0v) is 19.0. The van der Waals surface area contributed by atoms with Crippen molar-refractivity contribution in [2.45, 2.75) is 38.9 Å². The summed E-state index contributed by atoms with van der Waals surface area (Å²) in [6, 6.07) is 10.5. The number of hydrogen-bond donors (Lipinski definition) is 2. The monoisotopic (exact) mass is 426 g/mol. The molecule has 1 fully saturated rings. The topological polar surface area (TPSA) is 90.7 Å². The summed E-state index contributed by atoms with van der Waals surface area (Å²) in [5.74, 6) is 2.67. The van der Waals surface area contributed by atoms with Crippen molar-refractivity contribution in [3.8, 4) is 0 Å². The lowest BCUT2D eigenvalue weighted by Gasteiger charge is -2.33. The third kappa shape index (κ3) is 6.78. The van der Waals surface area contributed by atoms with E-state index in [2.05, 4.69) is 37.9 Å². The fourth-order valence-corrected chi connectivity index (χ4v) is 3.44. The summed E-state index contributed by atoms with van der Waals surface area (Å²) in [6.45, 7) is 5.36. The van der Waals surface area contributed by atoms with E-state index >= 15 is 0 Å². The van der Waals surface area contributed by atoms with Gasteiger partial charge in [-0.1, -0.05) is 30.3 Å². The fraction of sp³-hybridized carbons (Fsp3) is 0.545. The molecule has 0 atom stereocenters. The Kier molecular flexibility index (Phi) is 8.00. The number of piperidine rings is 1. The SMILES string of the molecule is Cc1nnc(CNC(=NCc2ccccc2)NC2CCN(CC(=O)N(C)C)CC2)n1C. The number of aryl methyl sites for hydroxylation is 1. The molecule has 9 heteroatoms. The molecule has 0 saturated carbocycles. The van der Waals surface area contributed by atoms with Crippen LogP contribution >= 0.6 is 0 Å². The third-order valence-electron chi connectivity index (χ3n) is 5.65. The first-order chi connectivity index (χ1) is 14.9. The van der Waals surface area contributed by atoms with Crippen molar-refractivity contribution in [3.05, 3.63) is 47.5 Å². The minimum absolute atomic E-state index is 0.150. The summed E-state index contributed by atoms with van der Waals surface area (Å²) in [5.41, 5.74) is 1.16. The van der Waals surface area contributed by atoms with Crippen LogP contribution in [-0.4, -0.2) is 76.2 Å². The van der Waals surface area contributed by atoms with Crippen LogP contribution in [0.25, 0.3) is 0 Å². The average Bonchev–Trinajstić information content (AvgIpc) is 3.09. The van der Waals surface area contributed by atoms with Crippen LogP contribution in [0.1, 0.15) is 30.1 Å². The van der Waals surface area contributed by atoms with Crippen LogP contribution in [0.4, 0.5) is 0 Å². The van der Waals surface area contributed by atoms with Crippen molar-refractivity contribution in [2.75, 3.05) is 33.7 Å². The number of amides is 1. The summed E-state index contributed by atoms with van der Waals surface area (Å²) in [6.07, 6.45) is 1.94. The van der Waals surface area contributed by atoms with Crippen LogP contribution in [0.2, 0.25) is 0 Å². The highest BCUT2D eigenvalue weighted by atomic mass is 16.2. The summed E-state index contributed by atoms with van der Waals surface area (Å²) >= 11 is 0. The third-order valence-corrected chi connectivity index (χ3v) is 5.65. The van der Waals surface area contributed by atoms with Crippen LogP contribution in [0, 0.1) is 6.92 Å². The molecule has 1 saturated heterocycles. The van der Waals surface area contributed by atoms with Crippen LogP contribution < -0.4 is 10.6 Å². The van der Waals surface area contributed by atoms with Crippen LogP contribution in [-0.2, 0) is 24.9 Å². The Hall–Kier alpha value is -2.94. The Balaban J connectivity index is 1.58. The fourth-order valence-electron chi connectivity index (χ4n) is 3.44. The number of guanidine groups is 1. The van der Waals surface area contributed by atoms with Gasteiger partial charge >= 0.3 is 0 Å². The van der Waals surface area contributed by atoms with Gasteiger partial charge in [0.05, 0.1) is 19.6 Å². The van der Waals surface area contributed by atoms with Gasteiger partial charge in [0.15, 0.2) is 11.8 Å². The van der Waals surface area contributed by atoms with Crippen molar-refractivity contribution in [3.63, 3.8) is 0 Å². The second-order valence-electron chi connectivity index (χ2n) is 8.21. The summed E-state index contributed by atoms with van der Waals surface area (Å²) in [7, 11) is 5.57. The van der Waals surface area contributed by atoms with Gasteiger partial charge in [-0.05, 0) is 25.3 Å². The van der Waals surface area contributed by atoms with Gasteiger partial charge in [0.2, 0.25) is 5.91 Å². The molecule has 3 rings (SSSR count). The normalized spacial score (nSPS) is 15.7. The molecule has 1 aromatic carbocycles. The Morgan fingerprint density at radius 3 is 2.52 bits per heavy atom. The van der Waals surface area contributed by atoms with Crippen LogP contribution in [0.5, 0.6) is 0 Å². The maximum absolute atomic E-state index is 12.0. The van der Waals surface area contributed by atoms with Crippen molar-refractivity contribution in [1.29, 1.82) is 0 Å². The van der Waals surface area contributed by atoms with Gasteiger partial charge in [0, 0.05) is 40.3 Å². The zero-order valence-electron chi connectivity index (χ0n) is 19.0. The predicted octanol–water partition coefficient (Wildman–Crippen LogP) is 0.912. The minimum Gasteiger partial charge on any atom is -0.354 e. The molecular formula is C22H34N8O. The Morgan fingerprint density at radius 1 is 1.19 bits per heavy atom. The highest BCUT2D eigenvalue weighted by Crippen LogP contribution is 2.11. The average molecular weight is 427 g/mol. The minimum atomic E-state index is 0.150. The first-order valence-corrected chi connectivity index (χ1v) is 10.8. The number of likely N-dealkylation sites (tertiary alicyclic amines) is 1. The molecule has 2 N–H and O–H groups in total. The highest BCUT2D eigenvalue weighted by molar-refractivity contribution is 5.80. The van der Waals surface area contributed by atoms with E-state index in [1.807, 2.05) is 36.7 Å². The van der Waals surface area contributed by atoms with Crippen molar-refractivity contribution >= 4 is 11.9 Å². The quantitative estimate of drug-likeness (QED) is 0.505. The number of aliphatic imine (C=N–C) groups is 1. The molecule has 1 aliphatic heterocycles. The van der Waals surface area contributed by atoms with Gasteiger partial charge in [-0.2, -0.15) is 0 Å². The Morgan fingerprint density at radius 2 is 1.90 bits per heavy atom. The number of rotatable bonds is 7. The van der Waals surface area contributed by atoms with E-state index in [4.69, 9.17) is 4.99 Å². The molecular weight excluding hydrogens is 392 g/mol. The molecule has 2 heterocycles. The molecule has 1 aliphatic rings. The molecule has 0 bridgehead atoms.